The normalized spacial score (nSPS) is 11.3. The Morgan fingerprint density at radius 1 is 1.56 bits per heavy atom. The molecule has 0 atom stereocenters. The molecule has 1 aromatic carbocycles. The molecule has 1 aromatic heterocycles. The number of Topliss-reactive ketones (excluding diaryl/α,β-unsaturated/α-hetero) is 1. The lowest BCUT2D eigenvalue weighted by Gasteiger charge is -2.01. The summed E-state index contributed by atoms with van der Waals surface area (Å²) in [7, 11) is 1.81. The Labute approximate surface area is 104 Å². The molecule has 0 radical (unpaired) electrons. The molecule has 90 valence electrons. The van der Waals surface area contributed by atoms with Crippen molar-refractivity contribution >= 4 is 22.5 Å². The van der Waals surface area contributed by atoms with Crippen molar-refractivity contribution in [1.82, 2.24) is 15.0 Å². The fraction of sp³-hybridized carbons (Fsp3) is 0.167. The largest absolute Gasteiger partial charge is 0.360 e. The molecule has 6 nitrogen and oxygen atoms in total. The zero-order valence-electron chi connectivity index (χ0n) is 10.0. The first-order chi connectivity index (χ1) is 8.61. The van der Waals surface area contributed by atoms with Crippen LogP contribution in [0, 0.1) is 11.3 Å². The van der Waals surface area contributed by atoms with Gasteiger partial charge in [0.05, 0.1) is 5.52 Å². The van der Waals surface area contributed by atoms with Gasteiger partial charge in [0.25, 0.3) is 0 Å². The Morgan fingerprint density at radius 3 is 3.00 bits per heavy atom. The highest BCUT2D eigenvalue weighted by Crippen LogP contribution is 2.16. The number of ketones is 1. The minimum Gasteiger partial charge on any atom is -0.360 e. The number of benzene rings is 1. The molecule has 18 heavy (non-hydrogen) atoms. The molecule has 0 bridgehead atoms. The van der Waals surface area contributed by atoms with Crippen molar-refractivity contribution in [2.75, 3.05) is 5.32 Å². The molecule has 0 aliphatic heterocycles. The molecule has 0 saturated heterocycles. The van der Waals surface area contributed by atoms with Crippen LogP contribution in [0.2, 0.25) is 0 Å². The number of anilines is 1. The summed E-state index contributed by atoms with van der Waals surface area (Å²) in [4.78, 5) is 11.1. The van der Waals surface area contributed by atoms with Gasteiger partial charge in [-0.3, -0.25) is 4.79 Å². The quantitative estimate of drug-likeness (QED) is 0.648. The first-order valence-corrected chi connectivity index (χ1v) is 5.29. The molecule has 0 aliphatic rings. The SMILES string of the molecule is CC(=O)/C(C#N)=C\Nc1ccc2c(c1)nnn2C. The van der Waals surface area contributed by atoms with E-state index in [0.717, 1.165) is 16.7 Å². The van der Waals surface area contributed by atoms with E-state index < -0.39 is 0 Å². The van der Waals surface area contributed by atoms with Gasteiger partial charge in [-0.05, 0) is 25.1 Å². The number of allylic oxidation sites excluding steroid dienone is 1. The minimum atomic E-state index is -0.273. The molecule has 0 fully saturated rings. The highest BCUT2D eigenvalue weighted by atomic mass is 16.1. The summed E-state index contributed by atoms with van der Waals surface area (Å²) < 4.78 is 1.67. The van der Waals surface area contributed by atoms with Crippen LogP contribution in [-0.4, -0.2) is 20.8 Å². The maximum Gasteiger partial charge on any atom is 0.171 e. The number of rotatable bonds is 3. The molecule has 0 unspecified atom stereocenters. The molecular formula is C12H11N5O. The van der Waals surface area contributed by atoms with Gasteiger partial charge in [0.15, 0.2) is 5.78 Å². The number of nitriles is 1. The standard InChI is InChI=1S/C12H11N5O/c1-8(18)9(6-13)7-14-10-3-4-12-11(5-10)15-16-17(12)2/h3-5,7,14H,1-2H3/b9-7-. The lowest BCUT2D eigenvalue weighted by Crippen LogP contribution is -1.98. The van der Waals surface area contributed by atoms with E-state index in [0.29, 0.717) is 0 Å². The monoisotopic (exact) mass is 241 g/mol. The van der Waals surface area contributed by atoms with Crippen LogP contribution in [0.5, 0.6) is 0 Å². The summed E-state index contributed by atoms with van der Waals surface area (Å²) in [5.74, 6) is -0.273. The molecule has 1 N–H and O–H groups in total. The van der Waals surface area contributed by atoms with Crippen LogP contribution in [0.4, 0.5) is 5.69 Å². The van der Waals surface area contributed by atoms with Crippen molar-refractivity contribution in [3.8, 4) is 6.07 Å². The van der Waals surface area contributed by atoms with E-state index >= 15 is 0 Å². The van der Waals surface area contributed by atoms with Crippen molar-refractivity contribution in [3.63, 3.8) is 0 Å². The van der Waals surface area contributed by atoms with Gasteiger partial charge in [-0.1, -0.05) is 5.21 Å². The first-order valence-electron chi connectivity index (χ1n) is 5.29. The fourth-order valence-electron chi connectivity index (χ4n) is 1.50. The second-order valence-corrected chi connectivity index (χ2v) is 3.79. The van der Waals surface area contributed by atoms with Crippen LogP contribution < -0.4 is 5.32 Å². The third-order valence-electron chi connectivity index (χ3n) is 2.49. The molecular weight excluding hydrogens is 230 g/mol. The highest BCUT2D eigenvalue weighted by molar-refractivity contribution is 5.97. The number of fused-ring (bicyclic) bond motifs is 1. The maximum atomic E-state index is 11.1. The number of aromatic nitrogens is 3. The highest BCUT2D eigenvalue weighted by Gasteiger charge is 2.03. The zero-order valence-corrected chi connectivity index (χ0v) is 10.0. The Morgan fingerprint density at radius 2 is 2.33 bits per heavy atom. The molecule has 0 aliphatic carbocycles. The van der Waals surface area contributed by atoms with Gasteiger partial charge in [-0.15, -0.1) is 5.10 Å². The molecule has 6 heteroatoms. The van der Waals surface area contributed by atoms with Crippen LogP contribution in [-0.2, 0) is 11.8 Å². The second-order valence-electron chi connectivity index (χ2n) is 3.79. The smallest absolute Gasteiger partial charge is 0.171 e. The predicted molar refractivity (Wildman–Crippen MR) is 66.5 cm³/mol. The van der Waals surface area contributed by atoms with Gasteiger partial charge in [0.1, 0.15) is 17.2 Å². The lowest BCUT2D eigenvalue weighted by molar-refractivity contribution is -0.113. The van der Waals surface area contributed by atoms with E-state index in [1.54, 1.807) is 10.7 Å². The van der Waals surface area contributed by atoms with E-state index in [4.69, 9.17) is 5.26 Å². The average Bonchev–Trinajstić information content (AvgIpc) is 2.71. The van der Waals surface area contributed by atoms with E-state index in [9.17, 15) is 4.79 Å². The number of hydrogen-bond acceptors (Lipinski definition) is 5. The van der Waals surface area contributed by atoms with E-state index in [1.807, 2.05) is 25.2 Å². The summed E-state index contributed by atoms with van der Waals surface area (Å²) in [5.41, 5.74) is 2.49. The first kappa shape index (κ1) is 11.8. The van der Waals surface area contributed by atoms with Gasteiger partial charge in [0, 0.05) is 18.9 Å². The topological polar surface area (TPSA) is 83.6 Å². The summed E-state index contributed by atoms with van der Waals surface area (Å²) in [6.07, 6.45) is 1.39. The van der Waals surface area contributed by atoms with Crippen molar-refractivity contribution in [2.24, 2.45) is 7.05 Å². The fourth-order valence-corrected chi connectivity index (χ4v) is 1.50. The number of carbonyl (C=O) groups excluding carboxylic acids is 1. The lowest BCUT2D eigenvalue weighted by atomic mass is 10.2. The third kappa shape index (κ3) is 2.20. The number of hydrogen-bond donors (Lipinski definition) is 1. The number of nitrogens with one attached hydrogen (secondary N) is 1. The second kappa shape index (κ2) is 4.67. The van der Waals surface area contributed by atoms with Gasteiger partial charge in [0.2, 0.25) is 0 Å². The van der Waals surface area contributed by atoms with Gasteiger partial charge in [-0.25, -0.2) is 4.68 Å². The van der Waals surface area contributed by atoms with E-state index in [1.165, 1.54) is 13.1 Å². The van der Waals surface area contributed by atoms with Crippen LogP contribution in [0.1, 0.15) is 6.92 Å². The number of aryl methyl sites for hydroxylation is 1. The molecule has 2 aromatic rings. The summed E-state index contributed by atoms with van der Waals surface area (Å²) in [6, 6.07) is 7.33. The third-order valence-corrected chi connectivity index (χ3v) is 2.49. The Hall–Kier alpha value is -2.68. The molecule has 0 saturated carbocycles. The Balaban J connectivity index is 2.28. The average molecular weight is 241 g/mol. The van der Waals surface area contributed by atoms with Crippen molar-refractivity contribution in [3.05, 3.63) is 30.0 Å². The Kier molecular flexibility index (Phi) is 3.06. The molecule has 0 amide bonds. The molecule has 1 heterocycles. The van der Waals surface area contributed by atoms with Crippen LogP contribution in [0.15, 0.2) is 30.0 Å². The Bertz CT molecular complexity index is 677. The van der Waals surface area contributed by atoms with Gasteiger partial charge < -0.3 is 5.32 Å². The minimum absolute atomic E-state index is 0.0780. The van der Waals surface area contributed by atoms with Crippen LogP contribution in [0.25, 0.3) is 11.0 Å². The van der Waals surface area contributed by atoms with Crippen LogP contribution in [0.3, 0.4) is 0 Å². The number of nitrogens with zero attached hydrogens (tertiary/aromatic N) is 4. The van der Waals surface area contributed by atoms with Crippen molar-refractivity contribution < 1.29 is 4.79 Å². The number of carbonyl (C=O) groups is 1. The maximum absolute atomic E-state index is 11.1. The van der Waals surface area contributed by atoms with Gasteiger partial charge in [-0.2, -0.15) is 5.26 Å². The van der Waals surface area contributed by atoms with Crippen molar-refractivity contribution in [1.29, 1.82) is 5.26 Å². The zero-order chi connectivity index (χ0) is 13.1. The summed E-state index contributed by atoms with van der Waals surface area (Å²) in [5, 5.41) is 19.5. The van der Waals surface area contributed by atoms with E-state index in [2.05, 4.69) is 15.6 Å². The van der Waals surface area contributed by atoms with Gasteiger partial charge >= 0.3 is 0 Å². The summed E-state index contributed by atoms with van der Waals surface area (Å²) in [6.45, 7) is 1.35. The van der Waals surface area contributed by atoms with Crippen LogP contribution >= 0.6 is 0 Å². The van der Waals surface area contributed by atoms with E-state index in [-0.39, 0.29) is 11.4 Å². The predicted octanol–water partition coefficient (Wildman–Crippen LogP) is 1.38. The summed E-state index contributed by atoms with van der Waals surface area (Å²) >= 11 is 0. The molecule has 0 spiro atoms. The van der Waals surface area contributed by atoms with Crippen molar-refractivity contribution in [2.45, 2.75) is 6.92 Å². The molecule has 2 rings (SSSR count).